The maximum Gasteiger partial charge on any atom is 0.221 e. The molecule has 1 amide bonds. The van der Waals surface area contributed by atoms with Crippen LogP contribution < -0.4 is 10.1 Å². The number of nitrogens with one attached hydrogen (secondary N) is 1. The fraction of sp³-hybridized carbons (Fsp3) is 0.467. The van der Waals surface area contributed by atoms with E-state index in [0.29, 0.717) is 19.5 Å². The summed E-state index contributed by atoms with van der Waals surface area (Å²) in [5, 5.41) is 2.57. The van der Waals surface area contributed by atoms with Gasteiger partial charge >= 0.3 is 0 Å². The van der Waals surface area contributed by atoms with E-state index in [9.17, 15) is 4.79 Å². The molecule has 0 radical (unpaired) electrons. The van der Waals surface area contributed by atoms with Crippen LogP contribution in [0.15, 0.2) is 18.2 Å². The predicted molar refractivity (Wildman–Crippen MR) is 83.9 cm³/mol. The van der Waals surface area contributed by atoms with Crippen LogP contribution >= 0.6 is 11.6 Å². The van der Waals surface area contributed by atoms with Crippen molar-refractivity contribution in [2.45, 2.75) is 32.2 Å². The molecule has 1 aromatic heterocycles. The summed E-state index contributed by atoms with van der Waals surface area (Å²) in [5.41, 5.74) is 1.79. The Hall–Kier alpha value is -1.75. The quantitative estimate of drug-likeness (QED) is 0.835. The van der Waals surface area contributed by atoms with Gasteiger partial charge in [0.05, 0.1) is 23.5 Å². The fourth-order valence-corrected chi connectivity index (χ4v) is 2.45. The molecule has 2 aromatic rings. The smallest absolute Gasteiger partial charge is 0.221 e. The van der Waals surface area contributed by atoms with Gasteiger partial charge in [-0.25, -0.2) is 4.98 Å². The summed E-state index contributed by atoms with van der Waals surface area (Å²) in [5.74, 6) is 1.55. The molecule has 0 aliphatic carbocycles. The Bertz CT molecular complexity index is 637. The first kappa shape index (κ1) is 15.6. The molecule has 5 nitrogen and oxygen atoms in total. The molecule has 114 valence electrons. The van der Waals surface area contributed by atoms with Crippen molar-refractivity contribution < 1.29 is 9.53 Å². The molecule has 21 heavy (non-hydrogen) atoms. The van der Waals surface area contributed by atoms with E-state index >= 15 is 0 Å². The van der Waals surface area contributed by atoms with Crippen molar-refractivity contribution in [2.24, 2.45) is 0 Å². The van der Waals surface area contributed by atoms with Crippen LogP contribution in [0.25, 0.3) is 11.0 Å². The van der Waals surface area contributed by atoms with Gasteiger partial charge in [-0.15, -0.1) is 11.6 Å². The average molecular weight is 310 g/mol. The Morgan fingerprint density at radius 1 is 1.52 bits per heavy atom. The number of nitrogens with zero attached hydrogens (tertiary/aromatic N) is 2. The molecular weight excluding hydrogens is 290 g/mol. The maximum atomic E-state index is 11.7. The molecule has 2 rings (SSSR count). The number of benzene rings is 1. The van der Waals surface area contributed by atoms with E-state index < -0.39 is 0 Å². The van der Waals surface area contributed by atoms with E-state index in [0.717, 1.165) is 22.6 Å². The van der Waals surface area contributed by atoms with Gasteiger partial charge in [0.25, 0.3) is 0 Å². The summed E-state index contributed by atoms with van der Waals surface area (Å²) in [6.07, 6.45) is 0.396. The number of aromatic nitrogens is 2. The zero-order valence-electron chi connectivity index (χ0n) is 12.5. The number of aryl methyl sites for hydroxylation is 1. The van der Waals surface area contributed by atoms with E-state index in [4.69, 9.17) is 16.3 Å². The van der Waals surface area contributed by atoms with Crippen LogP contribution in [0.5, 0.6) is 5.75 Å². The maximum absolute atomic E-state index is 11.7. The summed E-state index contributed by atoms with van der Waals surface area (Å²) < 4.78 is 7.25. The molecule has 0 saturated heterocycles. The molecule has 0 fully saturated rings. The molecule has 0 aliphatic heterocycles. The highest BCUT2D eigenvalue weighted by Gasteiger charge is 2.16. The number of imidazole rings is 1. The summed E-state index contributed by atoms with van der Waals surface area (Å²) >= 11 is 6.21. The molecular formula is C15H20ClN3O2. The monoisotopic (exact) mass is 309 g/mol. The van der Waals surface area contributed by atoms with Gasteiger partial charge in [-0.1, -0.05) is 0 Å². The van der Waals surface area contributed by atoms with Crippen LogP contribution in [0.3, 0.4) is 0 Å². The highest BCUT2D eigenvalue weighted by molar-refractivity contribution is 6.20. The number of carbonyl (C=O) groups is 1. The number of hydrogen-bond donors (Lipinski definition) is 1. The molecule has 1 aromatic carbocycles. The molecule has 6 heteroatoms. The SMILES string of the molecule is CCNC(=O)CCn1c(C(C)Cl)nc2ccc(OC)cc21. The number of rotatable bonds is 6. The van der Waals surface area contributed by atoms with Crippen molar-refractivity contribution in [1.29, 1.82) is 0 Å². The lowest BCUT2D eigenvalue weighted by molar-refractivity contribution is -0.121. The van der Waals surface area contributed by atoms with Crippen molar-refractivity contribution in [2.75, 3.05) is 13.7 Å². The number of methoxy groups -OCH3 is 1. The molecule has 0 aliphatic rings. The summed E-state index contributed by atoms with van der Waals surface area (Å²) in [7, 11) is 1.63. The average Bonchev–Trinajstić information content (AvgIpc) is 2.83. The number of amides is 1. The first-order chi connectivity index (χ1) is 10.1. The minimum absolute atomic E-state index is 0.0235. The molecule has 0 bridgehead atoms. The largest absolute Gasteiger partial charge is 0.497 e. The third-order valence-corrected chi connectivity index (χ3v) is 3.47. The van der Waals surface area contributed by atoms with Gasteiger partial charge < -0.3 is 14.6 Å². The van der Waals surface area contributed by atoms with Gasteiger partial charge in [0.2, 0.25) is 5.91 Å². The van der Waals surface area contributed by atoms with Crippen molar-refractivity contribution in [3.8, 4) is 5.75 Å². The normalized spacial score (nSPS) is 12.4. The Kier molecular flexibility index (Phi) is 5.07. The molecule has 1 atom stereocenters. The summed E-state index contributed by atoms with van der Waals surface area (Å²) in [4.78, 5) is 16.2. The minimum atomic E-state index is -0.224. The number of carbonyl (C=O) groups excluding carboxylic acids is 1. The lowest BCUT2D eigenvalue weighted by atomic mass is 10.3. The molecule has 0 spiro atoms. The van der Waals surface area contributed by atoms with Gasteiger partial charge in [-0.05, 0) is 26.0 Å². The molecule has 0 saturated carbocycles. The number of alkyl halides is 1. The van der Waals surface area contributed by atoms with E-state index in [1.807, 2.05) is 36.6 Å². The van der Waals surface area contributed by atoms with Crippen molar-refractivity contribution >= 4 is 28.5 Å². The predicted octanol–water partition coefficient (Wildman–Crippen LogP) is 2.87. The zero-order chi connectivity index (χ0) is 15.4. The van der Waals surface area contributed by atoms with Crippen molar-refractivity contribution in [1.82, 2.24) is 14.9 Å². The zero-order valence-corrected chi connectivity index (χ0v) is 13.3. The number of hydrogen-bond acceptors (Lipinski definition) is 3. The van der Waals surface area contributed by atoms with Gasteiger partial charge in [0.15, 0.2) is 0 Å². The van der Waals surface area contributed by atoms with E-state index in [1.54, 1.807) is 7.11 Å². The Balaban J connectivity index is 2.37. The van der Waals surface area contributed by atoms with Crippen LogP contribution in [0, 0.1) is 0 Å². The lowest BCUT2D eigenvalue weighted by Gasteiger charge is -2.10. The molecule has 1 unspecified atom stereocenters. The third-order valence-electron chi connectivity index (χ3n) is 3.28. The van der Waals surface area contributed by atoms with Crippen LogP contribution in [0.2, 0.25) is 0 Å². The van der Waals surface area contributed by atoms with Crippen LogP contribution in [-0.2, 0) is 11.3 Å². The first-order valence-corrected chi connectivity index (χ1v) is 7.45. The Morgan fingerprint density at radius 3 is 2.90 bits per heavy atom. The van der Waals surface area contributed by atoms with Crippen LogP contribution in [0.1, 0.15) is 31.5 Å². The number of ether oxygens (including phenoxy) is 1. The Morgan fingerprint density at radius 2 is 2.29 bits per heavy atom. The van der Waals surface area contributed by atoms with E-state index in [1.165, 1.54) is 0 Å². The second-order valence-corrected chi connectivity index (χ2v) is 5.45. The second kappa shape index (κ2) is 6.80. The second-order valence-electron chi connectivity index (χ2n) is 4.80. The van der Waals surface area contributed by atoms with E-state index in [2.05, 4.69) is 10.3 Å². The van der Waals surface area contributed by atoms with Crippen LogP contribution in [-0.4, -0.2) is 29.1 Å². The highest BCUT2D eigenvalue weighted by atomic mass is 35.5. The van der Waals surface area contributed by atoms with E-state index in [-0.39, 0.29) is 11.3 Å². The Labute approximate surface area is 129 Å². The third kappa shape index (κ3) is 3.47. The van der Waals surface area contributed by atoms with Crippen molar-refractivity contribution in [3.05, 3.63) is 24.0 Å². The van der Waals surface area contributed by atoms with Gasteiger partial charge in [0.1, 0.15) is 11.6 Å². The highest BCUT2D eigenvalue weighted by Crippen LogP contribution is 2.27. The summed E-state index contributed by atoms with van der Waals surface area (Å²) in [6.45, 7) is 4.96. The molecule has 1 heterocycles. The van der Waals surface area contributed by atoms with Gasteiger partial charge in [0, 0.05) is 25.6 Å². The topological polar surface area (TPSA) is 56.2 Å². The van der Waals surface area contributed by atoms with Crippen molar-refractivity contribution in [3.63, 3.8) is 0 Å². The summed E-state index contributed by atoms with van der Waals surface area (Å²) in [6, 6.07) is 5.69. The van der Waals surface area contributed by atoms with Gasteiger partial charge in [-0.2, -0.15) is 0 Å². The van der Waals surface area contributed by atoms with Gasteiger partial charge in [-0.3, -0.25) is 4.79 Å². The molecule has 1 N–H and O–H groups in total. The number of halogens is 1. The first-order valence-electron chi connectivity index (χ1n) is 7.01. The lowest BCUT2D eigenvalue weighted by Crippen LogP contribution is -2.24. The number of fused-ring (bicyclic) bond motifs is 1. The fourth-order valence-electron chi connectivity index (χ4n) is 2.29. The van der Waals surface area contributed by atoms with Crippen LogP contribution in [0.4, 0.5) is 0 Å². The standard InChI is InChI=1S/C15H20ClN3O2/c1-4-17-14(20)7-8-19-13-9-11(21-3)5-6-12(13)18-15(19)10(2)16/h5-6,9-10H,4,7-8H2,1-3H3,(H,17,20). The minimum Gasteiger partial charge on any atom is -0.497 e.